The van der Waals surface area contributed by atoms with Gasteiger partial charge in [0, 0.05) is 16.9 Å². The average Bonchev–Trinajstić information content (AvgIpc) is 3.20. The third-order valence-corrected chi connectivity index (χ3v) is 4.41. The lowest BCUT2D eigenvalue weighted by Crippen LogP contribution is -2.00. The fourth-order valence-corrected chi connectivity index (χ4v) is 3.06. The van der Waals surface area contributed by atoms with Gasteiger partial charge in [-0.3, -0.25) is 5.10 Å². The number of hydrogen-bond acceptors (Lipinski definition) is 6. The molecule has 0 aliphatic carbocycles. The molecule has 1 aromatic carbocycles. The van der Waals surface area contributed by atoms with Crippen molar-refractivity contribution in [1.29, 1.82) is 0 Å². The summed E-state index contributed by atoms with van der Waals surface area (Å²) in [5, 5.41) is 23.6. The van der Waals surface area contributed by atoms with Crippen LogP contribution in [0.5, 0.6) is 11.5 Å². The SMILES string of the molecule is CCOc1cccc(/C=N\n2c(Cc3cccs3)n[nH]c2=S)c1O. The van der Waals surface area contributed by atoms with E-state index in [-0.39, 0.29) is 5.75 Å². The molecule has 2 aromatic heterocycles. The van der Waals surface area contributed by atoms with E-state index in [9.17, 15) is 5.11 Å². The van der Waals surface area contributed by atoms with Crippen LogP contribution in [0.1, 0.15) is 23.2 Å². The Labute approximate surface area is 148 Å². The normalized spacial score (nSPS) is 11.2. The summed E-state index contributed by atoms with van der Waals surface area (Å²) < 4.78 is 7.33. The van der Waals surface area contributed by atoms with Crippen molar-refractivity contribution in [3.05, 3.63) is 56.7 Å². The minimum atomic E-state index is 0.0536. The zero-order valence-corrected chi connectivity index (χ0v) is 14.6. The van der Waals surface area contributed by atoms with Crippen molar-refractivity contribution in [2.75, 3.05) is 6.61 Å². The molecule has 0 atom stereocenters. The van der Waals surface area contributed by atoms with Crippen LogP contribution < -0.4 is 4.74 Å². The molecule has 0 spiro atoms. The maximum absolute atomic E-state index is 10.2. The summed E-state index contributed by atoms with van der Waals surface area (Å²) >= 11 is 6.88. The summed E-state index contributed by atoms with van der Waals surface area (Å²) in [4.78, 5) is 1.17. The van der Waals surface area contributed by atoms with E-state index in [1.165, 1.54) is 4.88 Å². The largest absolute Gasteiger partial charge is 0.504 e. The first-order valence-electron chi connectivity index (χ1n) is 7.37. The fourth-order valence-electron chi connectivity index (χ4n) is 2.16. The molecular weight excluding hydrogens is 344 g/mol. The lowest BCUT2D eigenvalue weighted by atomic mass is 10.2. The van der Waals surface area contributed by atoms with Crippen molar-refractivity contribution < 1.29 is 9.84 Å². The van der Waals surface area contributed by atoms with Crippen molar-refractivity contribution >= 4 is 29.8 Å². The molecule has 0 unspecified atom stereocenters. The molecule has 0 saturated carbocycles. The van der Waals surface area contributed by atoms with Crippen molar-refractivity contribution in [3.8, 4) is 11.5 Å². The standard InChI is InChI=1S/C16H16N4O2S2/c1-2-22-13-7-3-5-11(15(13)21)10-17-20-14(18-19-16(20)23)9-12-6-4-8-24-12/h3-8,10,21H,2,9H2,1H3,(H,19,23)/b17-10-. The van der Waals surface area contributed by atoms with Crippen LogP contribution >= 0.6 is 23.6 Å². The van der Waals surface area contributed by atoms with E-state index < -0.39 is 0 Å². The van der Waals surface area contributed by atoms with Gasteiger partial charge in [-0.05, 0) is 42.7 Å². The fraction of sp³-hybridized carbons (Fsp3) is 0.188. The van der Waals surface area contributed by atoms with E-state index in [1.54, 1.807) is 40.4 Å². The Kier molecular flexibility index (Phi) is 5.07. The summed E-state index contributed by atoms with van der Waals surface area (Å²) in [6, 6.07) is 9.29. The highest BCUT2D eigenvalue weighted by Crippen LogP contribution is 2.28. The first-order valence-corrected chi connectivity index (χ1v) is 8.65. The van der Waals surface area contributed by atoms with Gasteiger partial charge in [0.25, 0.3) is 0 Å². The van der Waals surface area contributed by atoms with E-state index in [1.807, 2.05) is 24.4 Å². The minimum Gasteiger partial charge on any atom is -0.504 e. The number of H-pyrrole nitrogens is 1. The van der Waals surface area contributed by atoms with Crippen LogP contribution in [0.4, 0.5) is 0 Å². The van der Waals surface area contributed by atoms with Gasteiger partial charge in [-0.2, -0.15) is 14.9 Å². The van der Waals surface area contributed by atoms with E-state index in [2.05, 4.69) is 15.3 Å². The Morgan fingerprint density at radius 1 is 1.42 bits per heavy atom. The maximum atomic E-state index is 10.2. The first-order chi connectivity index (χ1) is 11.7. The summed E-state index contributed by atoms with van der Waals surface area (Å²) in [5.41, 5.74) is 0.547. The molecule has 0 amide bonds. The zero-order valence-electron chi connectivity index (χ0n) is 13.0. The molecule has 0 radical (unpaired) electrons. The summed E-state index contributed by atoms with van der Waals surface area (Å²) in [7, 11) is 0. The van der Waals surface area contributed by atoms with Gasteiger partial charge in [0.1, 0.15) is 0 Å². The predicted octanol–water partition coefficient (Wildman–Crippen LogP) is 3.58. The first kappa shape index (κ1) is 16.4. The molecule has 0 aliphatic heterocycles. The van der Waals surface area contributed by atoms with E-state index in [0.717, 1.165) is 0 Å². The minimum absolute atomic E-state index is 0.0536. The van der Waals surface area contributed by atoms with Gasteiger partial charge >= 0.3 is 0 Å². The lowest BCUT2D eigenvalue weighted by Gasteiger charge is -2.07. The highest BCUT2D eigenvalue weighted by atomic mass is 32.1. The zero-order chi connectivity index (χ0) is 16.9. The average molecular weight is 360 g/mol. The van der Waals surface area contributed by atoms with Crippen LogP contribution in [0.25, 0.3) is 0 Å². The number of ether oxygens (including phenoxy) is 1. The smallest absolute Gasteiger partial charge is 0.216 e. The van der Waals surface area contributed by atoms with Gasteiger partial charge in [-0.1, -0.05) is 12.1 Å². The van der Waals surface area contributed by atoms with Gasteiger partial charge in [0.05, 0.1) is 12.8 Å². The molecule has 0 bridgehead atoms. The van der Waals surface area contributed by atoms with E-state index >= 15 is 0 Å². The molecule has 6 nitrogen and oxygen atoms in total. The van der Waals surface area contributed by atoms with E-state index in [0.29, 0.717) is 34.9 Å². The Morgan fingerprint density at radius 2 is 2.29 bits per heavy atom. The van der Waals surface area contributed by atoms with Gasteiger partial charge in [-0.25, -0.2) is 0 Å². The number of rotatable bonds is 6. The van der Waals surface area contributed by atoms with Crippen molar-refractivity contribution in [2.24, 2.45) is 5.10 Å². The van der Waals surface area contributed by atoms with Gasteiger partial charge in [0.15, 0.2) is 17.3 Å². The maximum Gasteiger partial charge on any atom is 0.216 e. The third-order valence-electron chi connectivity index (χ3n) is 3.27. The molecule has 0 aliphatic rings. The van der Waals surface area contributed by atoms with Gasteiger partial charge in [0.2, 0.25) is 4.77 Å². The Hall–Kier alpha value is -2.45. The number of nitrogens with one attached hydrogen (secondary N) is 1. The second-order valence-corrected chi connectivity index (χ2v) is 6.30. The highest BCUT2D eigenvalue weighted by molar-refractivity contribution is 7.71. The number of aromatic nitrogens is 3. The van der Waals surface area contributed by atoms with Crippen molar-refractivity contribution in [2.45, 2.75) is 13.3 Å². The van der Waals surface area contributed by atoms with Gasteiger partial charge < -0.3 is 9.84 Å². The quantitative estimate of drug-likeness (QED) is 0.520. The van der Waals surface area contributed by atoms with Crippen LogP contribution in [0.2, 0.25) is 0 Å². The molecule has 0 saturated heterocycles. The summed E-state index contributed by atoms with van der Waals surface area (Å²) in [6.45, 7) is 2.34. The van der Waals surface area contributed by atoms with Crippen LogP contribution in [0.3, 0.4) is 0 Å². The molecule has 3 aromatic rings. The number of aromatic amines is 1. The van der Waals surface area contributed by atoms with Crippen LogP contribution in [0, 0.1) is 4.77 Å². The highest BCUT2D eigenvalue weighted by Gasteiger charge is 2.09. The number of phenolic OH excluding ortho intramolecular Hbond substituents is 1. The predicted molar refractivity (Wildman–Crippen MR) is 96.8 cm³/mol. The molecule has 3 rings (SSSR count). The van der Waals surface area contributed by atoms with E-state index in [4.69, 9.17) is 17.0 Å². The molecule has 0 fully saturated rings. The molecule has 124 valence electrons. The Bertz CT molecular complexity index is 897. The monoisotopic (exact) mass is 360 g/mol. The number of benzene rings is 1. The molecular formula is C16H16N4O2S2. The number of nitrogens with zero attached hydrogens (tertiary/aromatic N) is 3. The number of para-hydroxylation sites is 1. The van der Waals surface area contributed by atoms with Crippen LogP contribution in [-0.4, -0.2) is 32.8 Å². The van der Waals surface area contributed by atoms with Crippen LogP contribution in [-0.2, 0) is 6.42 Å². The number of aromatic hydroxyl groups is 1. The Morgan fingerprint density at radius 3 is 3.04 bits per heavy atom. The second kappa shape index (κ2) is 7.41. The lowest BCUT2D eigenvalue weighted by molar-refractivity contribution is 0.318. The molecule has 8 heteroatoms. The number of hydrogen-bond donors (Lipinski definition) is 2. The van der Waals surface area contributed by atoms with Crippen molar-refractivity contribution in [3.63, 3.8) is 0 Å². The van der Waals surface area contributed by atoms with Crippen LogP contribution in [0.15, 0.2) is 40.8 Å². The third kappa shape index (κ3) is 3.55. The molecule has 2 N–H and O–H groups in total. The second-order valence-electron chi connectivity index (χ2n) is 4.88. The molecule has 2 heterocycles. The Balaban J connectivity index is 1.89. The number of phenols is 1. The summed E-state index contributed by atoms with van der Waals surface area (Å²) in [6.07, 6.45) is 2.17. The summed E-state index contributed by atoms with van der Waals surface area (Å²) in [5.74, 6) is 1.19. The topological polar surface area (TPSA) is 75.4 Å². The van der Waals surface area contributed by atoms with Crippen molar-refractivity contribution in [1.82, 2.24) is 14.9 Å². The number of thiophene rings is 1. The van der Waals surface area contributed by atoms with Gasteiger partial charge in [-0.15, -0.1) is 11.3 Å². The molecule has 24 heavy (non-hydrogen) atoms.